The first-order valence-electron chi connectivity index (χ1n) is 9.50. The number of pyridine rings is 1. The minimum Gasteiger partial charge on any atom is -0.339 e. The molecule has 1 aliphatic rings. The lowest BCUT2D eigenvalue weighted by atomic mass is 10.0. The fraction of sp³-hybridized carbons (Fsp3) is 0.333. The van der Waals surface area contributed by atoms with Crippen LogP contribution in [0.2, 0.25) is 0 Å². The Labute approximate surface area is 167 Å². The number of aromatic nitrogens is 3. The van der Waals surface area contributed by atoms with Crippen molar-refractivity contribution in [3.63, 3.8) is 0 Å². The van der Waals surface area contributed by atoms with E-state index < -0.39 is 0 Å². The molecule has 2 aromatic heterocycles. The molecule has 4 rings (SSSR count). The molecule has 1 unspecified atom stereocenters. The Kier molecular flexibility index (Phi) is 5.43. The van der Waals surface area contributed by atoms with Crippen molar-refractivity contribution >= 4 is 28.7 Å². The molecule has 0 bridgehead atoms. The number of hydrogen-bond acceptors (Lipinski definition) is 5. The fourth-order valence-corrected chi connectivity index (χ4v) is 4.47. The molecule has 0 aliphatic carbocycles. The molecule has 28 heavy (non-hydrogen) atoms. The van der Waals surface area contributed by atoms with Gasteiger partial charge in [0.15, 0.2) is 10.8 Å². The van der Waals surface area contributed by atoms with E-state index in [0.717, 1.165) is 25.1 Å². The third kappa shape index (κ3) is 3.67. The van der Waals surface area contributed by atoms with Gasteiger partial charge in [0.05, 0.1) is 16.8 Å². The molecular formula is C21H22N4O2S. The number of thioether (sulfide) groups is 1. The molecule has 0 saturated carbocycles. The summed E-state index contributed by atoms with van der Waals surface area (Å²) >= 11 is 1.30. The standard InChI is InChI=1S/C21H22N4O2S/c1-15-8-5-6-13-24(15)18(26)14-28-21-23-19-17(11-7-12-22-19)20(27)25(21)16-9-3-2-4-10-16/h2-4,7,9-12,15H,5-6,8,13-14H2,1H3. The zero-order chi connectivity index (χ0) is 19.5. The lowest BCUT2D eigenvalue weighted by Gasteiger charge is -2.33. The van der Waals surface area contributed by atoms with Crippen molar-refractivity contribution in [2.24, 2.45) is 0 Å². The molecule has 1 fully saturated rings. The smallest absolute Gasteiger partial charge is 0.268 e. The molecule has 0 N–H and O–H groups in total. The number of rotatable bonds is 4. The van der Waals surface area contributed by atoms with Gasteiger partial charge in [0.25, 0.3) is 5.56 Å². The summed E-state index contributed by atoms with van der Waals surface area (Å²) < 4.78 is 1.57. The zero-order valence-corrected chi connectivity index (χ0v) is 16.6. The quantitative estimate of drug-likeness (QED) is 0.502. The molecule has 1 amide bonds. The van der Waals surface area contributed by atoms with E-state index in [4.69, 9.17) is 0 Å². The summed E-state index contributed by atoms with van der Waals surface area (Å²) in [7, 11) is 0. The maximum Gasteiger partial charge on any atom is 0.268 e. The Morgan fingerprint density at radius 1 is 1.18 bits per heavy atom. The number of benzene rings is 1. The number of likely N-dealkylation sites (tertiary alicyclic amines) is 1. The Bertz CT molecular complexity index is 1050. The van der Waals surface area contributed by atoms with Crippen LogP contribution in [0.3, 0.4) is 0 Å². The highest BCUT2D eigenvalue weighted by atomic mass is 32.2. The van der Waals surface area contributed by atoms with E-state index in [1.807, 2.05) is 35.2 Å². The third-order valence-corrected chi connectivity index (χ3v) is 6.00. The Morgan fingerprint density at radius 3 is 2.79 bits per heavy atom. The van der Waals surface area contributed by atoms with Crippen molar-refractivity contribution in [2.75, 3.05) is 12.3 Å². The molecule has 0 radical (unpaired) electrons. The SMILES string of the molecule is CC1CCCCN1C(=O)CSc1nc2ncccc2c(=O)n1-c1ccccc1. The topological polar surface area (TPSA) is 68.1 Å². The molecule has 3 heterocycles. The van der Waals surface area contributed by atoms with Gasteiger partial charge in [-0.25, -0.2) is 9.97 Å². The van der Waals surface area contributed by atoms with Gasteiger partial charge in [-0.15, -0.1) is 0 Å². The van der Waals surface area contributed by atoms with Gasteiger partial charge in [-0.05, 0) is 50.5 Å². The van der Waals surface area contributed by atoms with E-state index in [2.05, 4.69) is 16.9 Å². The van der Waals surface area contributed by atoms with Gasteiger partial charge in [0.2, 0.25) is 5.91 Å². The van der Waals surface area contributed by atoms with Crippen molar-refractivity contribution in [2.45, 2.75) is 37.4 Å². The number of carbonyl (C=O) groups excluding carboxylic acids is 1. The largest absolute Gasteiger partial charge is 0.339 e. The van der Waals surface area contributed by atoms with Crippen LogP contribution in [0.15, 0.2) is 58.6 Å². The molecule has 0 spiro atoms. The summed E-state index contributed by atoms with van der Waals surface area (Å²) in [6.07, 6.45) is 4.89. The van der Waals surface area contributed by atoms with Crippen molar-refractivity contribution in [3.05, 3.63) is 59.0 Å². The first-order chi connectivity index (χ1) is 13.6. The van der Waals surface area contributed by atoms with Crippen molar-refractivity contribution in [3.8, 4) is 5.69 Å². The van der Waals surface area contributed by atoms with E-state index in [9.17, 15) is 9.59 Å². The minimum atomic E-state index is -0.175. The van der Waals surface area contributed by atoms with Crippen LogP contribution in [0, 0.1) is 0 Å². The Hall–Kier alpha value is -2.67. The lowest BCUT2D eigenvalue weighted by molar-refractivity contribution is -0.131. The summed E-state index contributed by atoms with van der Waals surface area (Å²) in [5, 5.41) is 0.951. The second-order valence-electron chi connectivity index (χ2n) is 6.97. The first-order valence-corrected chi connectivity index (χ1v) is 10.5. The summed E-state index contributed by atoms with van der Waals surface area (Å²) in [6.45, 7) is 2.90. The van der Waals surface area contributed by atoms with Crippen molar-refractivity contribution in [1.29, 1.82) is 0 Å². The monoisotopic (exact) mass is 394 g/mol. The van der Waals surface area contributed by atoms with Gasteiger partial charge in [-0.1, -0.05) is 30.0 Å². The Morgan fingerprint density at radius 2 is 2.00 bits per heavy atom. The number of fused-ring (bicyclic) bond motifs is 1. The van der Waals surface area contributed by atoms with Crippen LogP contribution in [-0.4, -0.2) is 43.7 Å². The van der Waals surface area contributed by atoms with Gasteiger partial charge in [-0.2, -0.15) is 0 Å². The predicted octanol–water partition coefficient (Wildman–Crippen LogP) is 3.27. The van der Waals surface area contributed by atoms with Crippen LogP contribution in [0.25, 0.3) is 16.7 Å². The number of amides is 1. The van der Waals surface area contributed by atoms with Crippen LogP contribution in [0.5, 0.6) is 0 Å². The van der Waals surface area contributed by atoms with E-state index in [0.29, 0.717) is 16.2 Å². The maximum atomic E-state index is 13.1. The molecule has 1 saturated heterocycles. The predicted molar refractivity (Wildman–Crippen MR) is 111 cm³/mol. The molecule has 1 atom stereocenters. The summed E-state index contributed by atoms with van der Waals surface area (Å²) in [5.74, 6) is 0.342. The van der Waals surface area contributed by atoms with Crippen LogP contribution < -0.4 is 5.56 Å². The van der Waals surface area contributed by atoms with Crippen molar-refractivity contribution in [1.82, 2.24) is 19.4 Å². The minimum absolute atomic E-state index is 0.0900. The van der Waals surface area contributed by atoms with Crippen LogP contribution >= 0.6 is 11.8 Å². The summed E-state index contributed by atoms with van der Waals surface area (Å²) in [4.78, 5) is 36.6. The molecule has 144 valence electrons. The van der Waals surface area contributed by atoms with E-state index in [1.54, 1.807) is 22.9 Å². The number of para-hydroxylation sites is 1. The highest BCUT2D eigenvalue weighted by Gasteiger charge is 2.24. The van der Waals surface area contributed by atoms with Crippen molar-refractivity contribution < 1.29 is 4.79 Å². The molecule has 1 aromatic carbocycles. The van der Waals surface area contributed by atoms with E-state index >= 15 is 0 Å². The zero-order valence-electron chi connectivity index (χ0n) is 15.7. The molecule has 3 aromatic rings. The van der Waals surface area contributed by atoms with Gasteiger partial charge < -0.3 is 4.90 Å². The number of piperidine rings is 1. The van der Waals surface area contributed by atoms with E-state index in [-0.39, 0.29) is 23.3 Å². The van der Waals surface area contributed by atoms with E-state index in [1.165, 1.54) is 18.2 Å². The first kappa shape index (κ1) is 18.7. The normalized spacial score (nSPS) is 17.0. The second kappa shape index (κ2) is 8.14. The number of carbonyl (C=O) groups is 1. The summed E-state index contributed by atoms with van der Waals surface area (Å²) in [6, 6.07) is 13.1. The molecule has 6 nitrogen and oxygen atoms in total. The average molecular weight is 395 g/mol. The molecular weight excluding hydrogens is 372 g/mol. The molecule has 1 aliphatic heterocycles. The lowest BCUT2D eigenvalue weighted by Crippen LogP contribution is -2.43. The van der Waals surface area contributed by atoms with Crippen LogP contribution in [-0.2, 0) is 4.79 Å². The number of nitrogens with zero attached hydrogens (tertiary/aromatic N) is 4. The highest BCUT2D eigenvalue weighted by Crippen LogP contribution is 2.23. The number of hydrogen-bond donors (Lipinski definition) is 0. The molecule has 7 heteroatoms. The second-order valence-corrected chi connectivity index (χ2v) is 7.91. The third-order valence-electron chi connectivity index (χ3n) is 5.08. The van der Waals surface area contributed by atoms with Gasteiger partial charge in [-0.3, -0.25) is 14.2 Å². The fourth-order valence-electron chi connectivity index (χ4n) is 3.58. The Balaban J connectivity index is 1.69. The average Bonchev–Trinajstić information content (AvgIpc) is 2.73. The van der Waals surface area contributed by atoms with Gasteiger partial charge in [0, 0.05) is 18.8 Å². The van der Waals surface area contributed by atoms with Gasteiger partial charge >= 0.3 is 0 Å². The van der Waals surface area contributed by atoms with Gasteiger partial charge in [0.1, 0.15) is 0 Å². The van der Waals surface area contributed by atoms with Crippen LogP contribution in [0.4, 0.5) is 0 Å². The summed E-state index contributed by atoms with van der Waals surface area (Å²) in [5.41, 5.74) is 0.957. The highest BCUT2D eigenvalue weighted by molar-refractivity contribution is 7.99. The van der Waals surface area contributed by atoms with Crippen LogP contribution in [0.1, 0.15) is 26.2 Å². The maximum absolute atomic E-state index is 13.1.